The van der Waals surface area contributed by atoms with E-state index in [9.17, 15) is 9.59 Å². The van der Waals surface area contributed by atoms with Crippen molar-refractivity contribution in [2.75, 3.05) is 5.32 Å². The van der Waals surface area contributed by atoms with Gasteiger partial charge in [0.1, 0.15) is 5.76 Å². The molecule has 1 aromatic heterocycles. The Morgan fingerprint density at radius 2 is 2.06 bits per heavy atom. The zero-order valence-electron chi connectivity index (χ0n) is 9.92. The van der Waals surface area contributed by atoms with E-state index < -0.39 is 17.8 Å². The van der Waals surface area contributed by atoms with Crippen molar-refractivity contribution in [3.8, 4) is 0 Å². The molecule has 1 aromatic rings. The normalized spacial score (nSPS) is 22.7. The van der Waals surface area contributed by atoms with E-state index in [1.807, 2.05) is 6.08 Å². The second kappa shape index (κ2) is 5.03. The van der Waals surface area contributed by atoms with Crippen LogP contribution in [0.5, 0.6) is 0 Å². The van der Waals surface area contributed by atoms with Gasteiger partial charge in [0.15, 0.2) is 5.82 Å². The van der Waals surface area contributed by atoms with Crippen LogP contribution in [-0.4, -0.2) is 22.1 Å². The molecule has 0 aromatic carbocycles. The molecule has 2 atom stereocenters. The molecule has 0 saturated heterocycles. The molecule has 6 nitrogen and oxygen atoms in total. The molecule has 2 rings (SSSR count). The van der Waals surface area contributed by atoms with Crippen LogP contribution in [0.2, 0.25) is 0 Å². The van der Waals surface area contributed by atoms with E-state index >= 15 is 0 Å². The molecule has 2 N–H and O–H groups in total. The first-order chi connectivity index (χ1) is 8.58. The SMILES string of the molecule is Cc1cc(NC(=O)[C@H]2CC=CC[C@@H]2C(=O)O)no1. The number of carbonyl (C=O) groups excluding carboxylic acids is 1. The number of amides is 1. The molecule has 6 heteroatoms. The fourth-order valence-corrected chi connectivity index (χ4v) is 2.02. The van der Waals surface area contributed by atoms with Crippen molar-refractivity contribution >= 4 is 17.7 Å². The summed E-state index contributed by atoms with van der Waals surface area (Å²) in [5.41, 5.74) is 0. The summed E-state index contributed by atoms with van der Waals surface area (Å²) in [5, 5.41) is 15.3. The second-order valence-corrected chi connectivity index (χ2v) is 4.31. The number of carboxylic acids is 1. The van der Waals surface area contributed by atoms with Gasteiger partial charge in [-0.3, -0.25) is 9.59 Å². The van der Waals surface area contributed by atoms with Crippen molar-refractivity contribution in [1.29, 1.82) is 0 Å². The first kappa shape index (κ1) is 12.3. The number of hydrogen-bond donors (Lipinski definition) is 2. The number of nitrogens with one attached hydrogen (secondary N) is 1. The lowest BCUT2D eigenvalue weighted by molar-refractivity contribution is -0.146. The molecule has 1 heterocycles. The first-order valence-corrected chi connectivity index (χ1v) is 5.70. The van der Waals surface area contributed by atoms with Crippen LogP contribution >= 0.6 is 0 Å². The van der Waals surface area contributed by atoms with Gasteiger partial charge < -0.3 is 14.9 Å². The van der Waals surface area contributed by atoms with Crippen LogP contribution in [-0.2, 0) is 9.59 Å². The maximum Gasteiger partial charge on any atom is 0.307 e. The Labute approximate surface area is 104 Å². The van der Waals surface area contributed by atoms with Crippen LogP contribution in [0.3, 0.4) is 0 Å². The van der Waals surface area contributed by atoms with Gasteiger partial charge in [-0.15, -0.1) is 0 Å². The van der Waals surface area contributed by atoms with Gasteiger partial charge in [0.25, 0.3) is 0 Å². The van der Waals surface area contributed by atoms with E-state index in [0.29, 0.717) is 24.4 Å². The summed E-state index contributed by atoms with van der Waals surface area (Å²) in [5.74, 6) is -1.62. The zero-order valence-corrected chi connectivity index (χ0v) is 9.92. The van der Waals surface area contributed by atoms with Gasteiger partial charge in [-0.05, 0) is 19.8 Å². The van der Waals surface area contributed by atoms with Crippen LogP contribution in [0.25, 0.3) is 0 Å². The van der Waals surface area contributed by atoms with E-state index in [0.717, 1.165) is 0 Å². The van der Waals surface area contributed by atoms with Gasteiger partial charge in [-0.1, -0.05) is 17.3 Å². The lowest BCUT2D eigenvalue weighted by Gasteiger charge is -2.23. The molecule has 0 aliphatic heterocycles. The van der Waals surface area contributed by atoms with E-state index in [-0.39, 0.29) is 5.91 Å². The van der Waals surface area contributed by atoms with Gasteiger partial charge in [-0.2, -0.15) is 0 Å². The molecule has 0 fully saturated rings. The Balaban J connectivity index is 2.07. The summed E-state index contributed by atoms with van der Waals surface area (Å²) in [6.07, 6.45) is 4.44. The topological polar surface area (TPSA) is 92.4 Å². The van der Waals surface area contributed by atoms with Crippen molar-refractivity contribution in [2.45, 2.75) is 19.8 Å². The predicted molar refractivity (Wildman–Crippen MR) is 62.9 cm³/mol. The lowest BCUT2D eigenvalue weighted by atomic mass is 9.82. The third-order valence-electron chi connectivity index (χ3n) is 2.97. The molecule has 0 radical (unpaired) electrons. The number of carboxylic acid groups (broad SMARTS) is 1. The number of carbonyl (C=O) groups is 2. The van der Waals surface area contributed by atoms with Crippen molar-refractivity contribution in [3.63, 3.8) is 0 Å². The Morgan fingerprint density at radius 3 is 2.61 bits per heavy atom. The molecular formula is C12H14N2O4. The van der Waals surface area contributed by atoms with Crippen LogP contribution in [0, 0.1) is 18.8 Å². The molecule has 1 aliphatic carbocycles. The summed E-state index contributed by atoms with van der Waals surface area (Å²) in [6.45, 7) is 1.71. The van der Waals surface area contributed by atoms with Crippen molar-refractivity contribution in [3.05, 3.63) is 24.0 Å². The van der Waals surface area contributed by atoms with Crippen LogP contribution in [0.15, 0.2) is 22.7 Å². The summed E-state index contributed by atoms with van der Waals surface area (Å²) >= 11 is 0. The van der Waals surface area contributed by atoms with E-state index in [2.05, 4.69) is 10.5 Å². The molecule has 0 spiro atoms. The monoisotopic (exact) mass is 250 g/mol. The highest BCUT2D eigenvalue weighted by atomic mass is 16.5. The van der Waals surface area contributed by atoms with Crippen LogP contribution in [0.1, 0.15) is 18.6 Å². The predicted octanol–water partition coefficient (Wildman–Crippen LogP) is 1.59. The van der Waals surface area contributed by atoms with Gasteiger partial charge in [-0.25, -0.2) is 0 Å². The van der Waals surface area contributed by atoms with E-state index in [1.165, 1.54) is 0 Å². The number of aryl methyl sites for hydroxylation is 1. The maximum atomic E-state index is 12.0. The van der Waals surface area contributed by atoms with Crippen molar-refractivity contribution in [1.82, 2.24) is 5.16 Å². The quantitative estimate of drug-likeness (QED) is 0.794. The fraction of sp³-hybridized carbons (Fsp3) is 0.417. The molecule has 0 bridgehead atoms. The molecule has 96 valence electrons. The van der Waals surface area contributed by atoms with Gasteiger partial charge in [0.05, 0.1) is 11.8 Å². The number of anilines is 1. The number of rotatable bonds is 3. The van der Waals surface area contributed by atoms with E-state index in [4.69, 9.17) is 9.63 Å². The third kappa shape index (κ3) is 2.58. The van der Waals surface area contributed by atoms with Crippen molar-refractivity contribution in [2.24, 2.45) is 11.8 Å². The molecule has 18 heavy (non-hydrogen) atoms. The molecular weight excluding hydrogens is 236 g/mol. The highest BCUT2D eigenvalue weighted by Crippen LogP contribution is 2.27. The van der Waals surface area contributed by atoms with Gasteiger partial charge >= 0.3 is 5.97 Å². The number of hydrogen-bond acceptors (Lipinski definition) is 4. The minimum atomic E-state index is -0.948. The number of allylic oxidation sites excluding steroid dienone is 2. The third-order valence-corrected chi connectivity index (χ3v) is 2.97. The average molecular weight is 250 g/mol. The summed E-state index contributed by atoms with van der Waals surface area (Å²) in [6, 6.07) is 1.59. The molecule has 1 aliphatic rings. The number of nitrogens with zero attached hydrogens (tertiary/aromatic N) is 1. The minimum Gasteiger partial charge on any atom is -0.481 e. The number of aromatic nitrogens is 1. The highest BCUT2D eigenvalue weighted by Gasteiger charge is 2.34. The summed E-state index contributed by atoms with van der Waals surface area (Å²) < 4.78 is 4.83. The standard InChI is InChI=1S/C12H14N2O4/c1-7-6-10(14-18-7)13-11(15)8-4-2-3-5-9(8)12(16)17/h2-3,6,8-9H,4-5H2,1H3,(H,16,17)(H,13,14,15)/t8-,9-/m0/s1. The highest BCUT2D eigenvalue weighted by molar-refractivity contribution is 5.94. The lowest BCUT2D eigenvalue weighted by Crippen LogP contribution is -2.34. The Morgan fingerprint density at radius 1 is 1.39 bits per heavy atom. The minimum absolute atomic E-state index is 0.316. The van der Waals surface area contributed by atoms with Gasteiger partial charge in [0, 0.05) is 6.07 Å². The van der Waals surface area contributed by atoms with E-state index in [1.54, 1.807) is 19.1 Å². The Kier molecular flexibility index (Phi) is 3.45. The fourth-order valence-electron chi connectivity index (χ4n) is 2.02. The van der Waals surface area contributed by atoms with Crippen LogP contribution < -0.4 is 5.32 Å². The molecule has 1 amide bonds. The molecule has 0 unspecified atom stereocenters. The maximum absolute atomic E-state index is 12.0. The van der Waals surface area contributed by atoms with Gasteiger partial charge in [0.2, 0.25) is 5.91 Å². The smallest absolute Gasteiger partial charge is 0.307 e. The number of aliphatic carboxylic acids is 1. The Bertz CT molecular complexity index is 492. The summed E-state index contributed by atoms with van der Waals surface area (Å²) in [7, 11) is 0. The van der Waals surface area contributed by atoms with Crippen LogP contribution in [0.4, 0.5) is 5.82 Å². The average Bonchev–Trinajstić information content (AvgIpc) is 2.74. The molecule has 0 saturated carbocycles. The first-order valence-electron chi connectivity index (χ1n) is 5.70. The Hall–Kier alpha value is -2.11. The zero-order chi connectivity index (χ0) is 13.1. The summed E-state index contributed by atoms with van der Waals surface area (Å²) in [4.78, 5) is 23.1. The largest absolute Gasteiger partial charge is 0.481 e. The van der Waals surface area contributed by atoms with Crippen molar-refractivity contribution < 1.29 is 19.2 Å². The second-order valence-electron chi connectivity index (χ2n) is 4.31.